The Balaban J connectivity index is 1.47. The smallest absolute Gasteiger partial charge is 0.307 e. The van der Waals surface area contributed by atoms with Crippen molar-refractivity contribution in [3.63, 3.8) is 0 Å². The van der Waals surface area contributed by atoms with Crippen LogP contribution in [0.5, 0.6) is 0 Å². The molecule has 1 aromatic heterocycles. The Morgan fingerprint density at radius 1 is 0.654 bits per heavy atom. The molecule has 3 aromatic carbocycles. The maximum Gasteiger partial charge on any atom is 0.307 e. The fourth-order valence-electron chi connectivity index (χ4n) is 6.06. The average Bonchev–Trinajstić information content (AvgIpc) is 3.66. The number of carboxylic acids is 1. The quantitative estimate of drug-likeness (QED) is 0.169. The summed E-state index contributed by atoms with van der Waals surface area (Å²) in [5, 5.41) is 23.2. The molecular weight excluding hydrogens is 681 g/mol. The second-order valence-corrected chi connectivity index (χ2v) is 13.9. The lowest BCUT2D eigenvalue weighted by molar-refractivity contribution is -0.144. The molecule has 0 spiro atoms. The summed E-state index contributed by atoms with van der Waals surface area (Å²) in [7, 11) is 0. The highest BCUT2D eigenvalue weighted by Crippen LogP contribution is 2.19. The fourth-order valence-corrected chi connectivity index (χ4v) is 6.81. The van der Waals surface area contributed by atoms with Crippen molar-refractivity contribution in [2.24, 2.45) is 5.92 Å². The van der Waals surface area contributed by atoms with E-state index >= 15 is 0 Å². The van der Waals surface area contributed by atoms with E-state index in [1.807, 2.05) is 78.2 Å². The van der Waals surface area contributed by atoms with Crippen LogP contribution in [0.2, 0.25) is 0 Å². The maximum atomic E-state index is 14.1. The number of aliphatic carboxylic acids is 1. The standard InChI is InChI=1S/C40H42N4O7S/c45-35-24-29(40(50)51)22-28-13-16-30(17-14-28)41-36(46)19-20-37(47)42-34(25-31-12-7-21-52-31)39(49)43-32(18-15-26-8-3-1-4-9-26)38(48)44-33(35)23-27-10-5-2-6-11-27/h1-14,16-17,21,29,32-34H,15,18-20,22-25H2,(H,41,46)(H,42,47)(H,43,49)(H,44,48)(H,50,51)/t29-,32+,33-,34-/m1/s1. The summed E-state index contributed by atoms with van der Waals surface area (Å²) < 4.78 is 0. The first-order chi connectivity index (χ1) is 25.1. The van der Waals surface area contributed by atoms with Crippen LogP contribution in [-0.2, 0) is 54.5 Å². The van der Waals surface area contributed by atoms with E-state index in [1.54, 1.807) is 24.3 Å². The number of carbonyl (C=O) groups excluding carboxylic acids is 5. The van der Waals surface area contributed by atoms with Crippen LogP contribution in [0.4, 0.5) is 5.69 Å². The highest BCUT2D eigenvalue weighted by Gasteiger charge is 2.32. The molecule has 5 N–H and O–H groups in total. The van der Waals surface area contributed by atoms with Gasteiger partial charge in [-0.05, 0) is 66.0 Å². The third-order valence-corrected chi connectivity index (χ3v) is 9.82. The molecule has 4 amide bonds. The zero-order valence-corrected chi connectivity index (χ0v) is 29.4. The first kappa shape index (κ1) is 37.6. The highest BCUT2D eigenvalue weighted by atomic mass is 32.1. The molecule has 12 heteroatoms. The molecule has 2 bridgehead atoms. The predicted octanol–water partition coefficient (Wildman–Crippen LogP) is 4.26. The lowest BCUT2D eigenvalue weighted by Crippen LogP contribution is -2.56. The van der Waals surface area contributed by atoms with E-state index in [4.69, 9.17) is 0 Å². The first-order valence-electron chi connectivity index (χ1n) is 17.3. The monoisotopic (exact) mass is 722 g/mol. The molecule has 52 heavy (non-hydrogen) atoms. The molecular formula is C40H42N4O7S. The largest absolute Gasteiger partial charge is 0.481 e. The average molecular weight is 723 g/mol. The Bertz CT molecular complexity index is 1830. The number of anilines is 1. The Morgan fingerprint density at radius 2 is 1.29 bits per heavy atom. The number of Topliss-reactive ketones (excluding diaryl/α,β-unsaturated/α-hetero) is 1. The van der Waals surface area contributed by atoms with E-state index in [2.05, 4.69) is 21.3 Å². The van der Waals surface area contributed by atoms with Crippen molar-refractivity contribution in [2.45, 2.75) is 69.5 Å². The van der Waals surface area contributed by atoms with Crippen molar-refractivity contribution in [1.82, 2.24) is 16.0 Å². The van der Waals surface area contributed by atoms with Gasteiger partial charge in [0.1, 0.15) is 12.1 Å². The van der Waals surface area contributed by atoms with Crippen LogP contribution in [0.25, 0.3) is 0 Å². The number of carbonyl (C=O) groups is 6. The van der Waals surface area contributed by atoms with Crippen LogP contribution in [0.15, 0.2) is 102 Å². The molecule has 11 nitrogen and oxygen atoms in total. The zero-order chi connectivity index (χ0) is 36.9. The molecule has 6 rings (SSSR count). The third-order valence-electron chi connectivity index (χ3n) is 8.92. The number of amides is 4. The van der Waals surface area contributed by atoms with Gasteiger partial charge in [-0.3, -0.25) is 28.8 Å². The van der Waals surface area contributed by atoms with E-state index in [0.717, 1.165) is 16.0 Å². The number of ketones is 1. The fraction of sp³-hybridized carbons (Fsp3) is 0.300. The van der Waals surface area contributed by atoms with Crippen molar-refractivity contribution in [3.05, 3.63) is 124 Å². The molecule has 0 unspecified atom stereocenters. The van der Waals surface area contributed by atoms with E-state index < -0.39 is 59.4 Å². The zero-order valence-electron chi connectivity index (χ0n) is 28.6. The summed E-state index contributed by atoms with van der Waals surface area (Å²) in [6, 6.07) is 25.6. The molecule has 2 aliphatic heterocycles. The Hall–Kier alpha value is -5.62. The van der Waals surface area contributed by atoms with E-state index in [9.17, 15) is 33.9 Å². The number of hydrogen-bond donors (Lipinski definition) is 5. The van der Waals surface area contributed by atoms with Gasteiger partial charge in [0, 0.05) is 36.2 Å². The van der Waals surface area contributed by atoms with Crippen molar-refractivity contribution < 1.29 is 33.9 Å². The van der Waals surface area contributed by atoms with Crippen LogP contribution in [0.3, 0.4) is 0 Å². The Morgan fingerprint density at radius 3 is 1.94 bits per heavy atom. The summed E-state index contributed by atoms with van der Waals surface area (Å²) in [5.74, 6) is -4.82. The van der Waals surface area contributed by atoms with Crippen LogP contribution >= 0.6 is 11.3 Å². The van der Waals surface area contributed by atoms with Gasteiger partial charge in [-0.15, -0.1) is 11.3 Å². The Kier molecular flexibility index (Phi) is 13.4. The SMILES string of the molecule is O=C1CCC(=O)N[C@H](Cc2cccs2)C(=O)N[C@@H](CCc2ccccc2)C(=O)N[C@H](Cc2ccccc2)C(=O)C[C@H](C(=O)O)Cc2ccc(cc2)N1. The van der Waals surface area contributed by atoms with Gasteiger partial charge in [0.25, 0.3) is 0 Å². The first-order valence-corrected chi connectivity index (χ1v) is 18.2. The number of fused-ring (bicyclic) bond motifs is 18. The molecule has 2 aliphatic rings. The number of hydrogen-bond acceptors (Lipinski definition) is 7. The van der Waals surface area contributed by atoms with Gasteiger partial charge in [0.15, 0.2) is 5.78 Å². The molecule has 0 saturated carbocycles. The molecule has 0 radical (unpaired) electrons. The number of thiophene rings is 1. The number of nitrogens with one attached hydrogen (secondary N) is 4. The van der Waals surface area contributed by atoms with Gasteiger partial charge in [0.05, 0.1) is 12.0 Å². The topological polar surface area (TPSA) is 171 Å². The number of carboxylic acid groups (broad SMARTS) is 1. The van der Waals surface area contributed by atoms with Crippen LogP contribution < -0.4 is 21.3 Å². The summed E-state index contributed by atoms with van der Waals surface area (Å²) in [6.07, 6.45) is 0.253. The summed E-state index contributed by atoms with van der Waals surface area (Å²) in [6.45, 7) is 0. The van der Waals surface area contributed by atoms with Gasteiger partial charge in [-0.2, -0.15) is 0 Å². The third kappa shape index (κ3) is 11.5. The van der Waals surface area contributed by atoms with Crippen LogP contribution in [-0.4, -0.2) is 58.6 Å². The minimum atomic E-state index is -1.16. The van der Waals surface area contributed by atoms with Gasteiger partial charge < -0.3 is 26.4 Å². The van der Waals surface area contributed by atoms with E-state index in [0.29, 0.717) is 17.7 Å². The molecule has 3 heterocycles. The highest BCUT2D eigenvalue weighted by molar-refractivity contribution is 7.09. The van der Waals surface area contributed by atoms with Crippen LogP contribution in [0, 0.1) is 5.92 Å². The van der Waals surface area contributed by atoms with Crippen LogP contribution in [0.1, 0.15) is 47.3 Å². The van der Waals surface area contributed by atoms with Crippen molar-refractivity contribution >= 4 is 52.4 Å². The number of benzene rings is 3. The van der Waals surface area contributed by atoms with Crippen molar-refractivity contribution in [3.8, 4) is 0 Å². The second kappa shape index (κ2) is 18.6. The number of aryl methyl sites for hydroxylation is 1. The molecule has 0 fully saturated rings. The molecule has 4 atom stereocenters. The summed E-state index contributed by atoms with van der Waals surface area (Å²) in [5.41, 5.74) is 2.81. The lowest BCUT2D eigenvalue weighted by atomic mass is 9.90. The van der Waals surface area contributed by atoms with E-state index in [-0.39, 0.29) is 44.9 Å². The normalized spacial score (nSPS) is 20.9. The van der Waals surface area contributed by atoms with Crippen molar-refractivity contribution in [1.29, 1.82) is 0 Å². The number of rotatable bonds is 8. The van der Waals surface area contributed by atoms with Crippen molar-refractivity contribution in [2.75, 3.05) is 5.32 Å². The van der Waals surface area contributed by atoms with Gasteiger partial charge in [0.2, 0.25) is 23.6 Å². The minimum Gasteiger partial charge on any atom is -0.481 e. The second-order valence-electron chi connectivity index (χ2n) is 12.9. The van der Waals surface area contributed by atoms with Gasteiger partial charge in [-0.25, -0.2) is 0 Å². The molecule has 0 aliphatic carbocycles. The minimum absolute atomic E-state index is 0.0445. The molecule has 270 valence electrons. The molecule has 0 saturated heterocycles. The van der Waals surface area contributed by atoms with Gasteiger partial charge >= 0.3 is 5.97 Å². The predicted molar refractivity (Wildman–Crippen MR) is 197 cm³/mol. The summed E-state index contributed by atoms with van der Waals surface area (Å²) in [4.78, 5) is 81.1. The molecule has 4 aromatic rings. The van der Waals surface area contributed by atoms with E-state index in [1.165, 1.54) is 11.3 Å². The Labute approximate surface area is 306 Å². The lowest BCUT2D eigenvalue weighted by Gasteiger charge is -2.26. The summed E-state index contributed by atoms with van der Waals surface area (Å²) >= 11 is 1.42. The van der Waals surface area contributed by atoms with Gasteiger partial charge in [-0.1, -0.05) is 78.9 Å². The maximum absolute atomic E-state index is 14.1.